The minimum Gasteiger partial charge on any atom is -0.364 e. The average molecular weight is 425 g/mol. The Labute approximate surface area is 183 Å². The van der Waals surface area contributed by atoms with Gasteiger partial charge in [0, 0.05) is 35.7 Å². The number of fused-ring (bicyclic) bond motifs is 1. The number of carbonyl (C=O) groups excluding carboxylic acids is 2. The Kier molecular flexibility index (Phi) is 4.67. The van der Waals surface area contributed by atoms with Gasteiger partial charge in [-0.25, -0.2) is 4.68 Å². The third-order valence-electron chi connectivity index (χ3n) is 5.51. The van der Waals surface area contributed by atoms with E-state index in [2.05, 4.69) is 5.10 Å². The first-order valence-corrected chi connectivity index (χ1v) is 10.1. The van der Waals surface area contributed by atoms with Crippen LogP contribution in [0, 0.1) is 0 Å². The maximum absolute atomic E-state index is 13.5. The van der Waals surface area contributed by atoms with Gasteiger partial charge in [-0.15, -0.1) is 0 Å². The number of primary amides is 1. The van der Waals surface area contributed by atoms with Crippen molar-refractivity contribution < 1.29 is 9.59 Å². The normalized spacial score (nSPS) is 13.1. The lowest BCUT2D eigenvalue weighted by atomic mass is 10.0. The van der Waals surface area contributed by atoms with E-state index in [0.717, 1.165) is 0 Å². The number of nitrogens with zero attached hydrogens (tertiary/aromatic N) is 4. The van der Waals surface area contributed by atoms with Crippen molar-refractivity contribution in [2.45, 2.75) is 6.42 Å². The molecule has 2 aromatic heterocycles. The van der Waals surface area contributed by atoms with Crippen molar-refractivity contribution >= 4 is 17.5 Å². The van der Waals surface area contributed by atoms with Crippen molar-refractivity contribution in [3.63, 3.8) is 0 Å². The Morgan fingerprint density at radius 2 is 1.53 bits per heavy atom. The Hall–Kier alpha value is -4.46. The molecule has 32 heavy (non-hydrogen) atoms. The van der Waals surface area contributed by atoms with E-state index in [9.17, 15) is 14.4 Å². The minimum absolute atomic E-state index is 0.121. The first-order valence-electron chi connectivity index (χ1n) is 10.1. The number of hydrogen-bond donors (Lipinski definition) is 1. The van der Waals surface area contributed by atoms with E-state index in [-0.39, 0.29) is 17.2 Å². The maximum atomic E-state index is 13.5. The van der Waals surface area contributed by atoms with Gasteiger partial charge in [-0.05, 0) is 48.9 Å². The van der Waals surface area contributed by atoms with Crippen LogP contribution in [0.5, 0.6) is 0 Å². The Bertz CT molecular complexity index is 1390. The van der Waals surface area contributed by atoms with Crippen LogP contribution in [0.15, 0.2) is 83.8 Å². The zero-order valence-electron chi connectivity index (χ0n) is 17.0. The maximum Gasteiger partial charge on any atom is 0.277 e. The lowest BCUT2D eigenvalue weighted by Gasteiger charge is -2.28. The summed E-state index contributed by atoms with van der Waals surface area (Å²) >= 11 is 0. The molecule has 1 aliphatic rings. The Morgan fingerprint density at radius 1 is 0.844 bits per heavy atom. The van der Waals surface area contributed by atoms with E-state index < -0.39 is 5.91 Å². The highest BCUT2D eigenvalue weighted by atomic mass is 16.2. The van der Waals surface area contributed by atoms with Crippen LogP contribution in [-0.4, -0.2) is 32.7 Å². The van der Waals surface area contributed by atoms with Crippen molar-refractivity contribution in [3.8, 4) is 11.4 Å². The molecule has 0 saturated carbocycles. The lowest BCUT2D eigenvalue weighted by Crippen LogP contribution is -2.39. The van der Waals surface area contributed by atoms with Gasteiger partial charge in [-0.3, -0.25) is 19.0 Å². The number of nitrogens with two attached hydrogens (primary N) is 1. The number of pyridine rings is 1. The fraction of sp³-hybridized carbons (Fsp3) is 0.0833. The highest BCUT2D eigenvalue weighted by Gasteiger charge is 2.34. The zero-order chi connectivity index (χ0) is 22.2. The molecule has 0 fully saturated rings. The van der Waals surface area contributed by atoms with Gasteiger partial charge < -0.3 is 10.6 Å². The molecule has 8 nitrogen and oxygen atoms in total. The first kappa shape index (κ1) is 19.5. The largest absolute Gasteiger partial charge is 0.364 e. The van der Waals surface area contributed by atoms with Crippen molar-refractivity contribution in [1.29, 1.82) is 0 Å². The summed E-state index contributed by atoms with van der Waals surface area (Å²) in [5.41, 5.74) is 8.49. The molecule has 0 spiro atoms. The zero-order valence-corrected chi connectivity index (χ0v) is 17.0. The van der Waals surface area contributed by atoms with Crippen LogP contribution in [0.2, 0.25) is 0 Å². The second-order valence-electron chi connectivity index (χ2n) is 7.42. The summed E-state index contributed by atoms with van der Waals surface area (Å²) in [5, 5.41) is 4.36. The van der Waals surface area contributed by atoms with E-state index in [0.29, 0.717) is 41.3 Å². The molecule has 5 rings (SSSR count). The van der Waals surface area contributed by atoms with Crippen LogP contribution in [0.4, 0.5) is 5.69 Å². The standard InChI is InChI=1S/C24H19N5O3/c25-23(31)21-19-13-15-28(24(32)22(19)29(26-21)18-6-2-1-3-7-18)17-11-9-16(10-12-17)27-14-5-4-8-20(27)30/h1-12,14H,13,15H2,(H2,25,31). The molecule has 2 aromatic carbocycles. The molecule has 158 valence electrons. The fourth-order valence-electron chi connectivity index (χ4n) is 3.99. The molecule has 3 heterocycles. The van der Waals surface area contributed by atoms with Gasteiger partial charge in [0.2, 0.25) is 0 Å². The second kappa shape index (κ2) is 7.66. The highest BCUT2D eigenvalue weighted by Crippen LogP contribution is 2.29. The molecule has 0 saturated heterocycles. The van der Waals surface area contributed by atoms with Crippen molar-refractivity contribution in [1.82, 2.24) is 14.3 Å². The van der Waals surface area contributed by atoms with Gasteiger partial charge in [-0.2, -0.15) is 5.10 Å². The Balaban J connectivity index is 1.54. The van der Waals surface area contributed by atoms with Crippen LogP contribution >= 0.6 is 0 Å². The van der Waals surface area contributed by atoms with Crippen LogP contribution in [0.25, 0.3) is 11.4 Å². The van der Waals surface area contributed by atoms with E-state index in [4.69, 9.17) is 5.73 Å². The molecule has 0 atom stereocenters. The highest BCUT2D eigenvalue weighted by molar-refractivity contribution is 6.09. The van der Waals surface area contributed by atoms with E-state index in [1.165, 1.54) is 15.3 Å². The second-order valence-corrected chi connectivity index (χ2v) is 7.42. The monoisotopic (exact) mass is 425 g/mol. The van der Waals surface area contributed by atoms with Gasteiger partial charge in [0.15, 0.2) is 5.69 Å². The molecule has 4 aromatic rings. The molecular weight excluding hydrogens is 406 g/mol. The number of benzene rings is 2. The molecule has 0 aliphatic carbocycles. The van der Waals surface area contributed by atoms with Crippen LogP contribution in [-0.2, 0) is 6.42 Å². The van der Waals surface area contributed by atoms with Crippen LogP contribution < -0.4 is 16.2 Å². The summed E-state index contributed by atoms with van der Waals surface area (Å²) in [6.07, 6.45) is 2.14. The quantitative estimate of drug-likeness (QED) is 0.542. The number of anilines is 1. The summed E-state index contributed by atoms with van der Waals surface area (Å²) in [7, 11) is 0. The number of hydrogen-bond acceptors (Lipinski definition) is 4. The average Bonchev–Trinajstić information content (AvgIpc) is 3.22. The minimum atomic E-state index is -0.658. The van der Waals surface area contributed by atoms with Gasteiger partial charge in [0.05, 0.1) is 5.69 Å². The first-order chi connectivity index (χ1) is 15.5. The smallest absolute Gasteiger partial charge is 0.277 e. The summed E-state index contributed by atoms with van der Waals surface area (Å²) in [5.74, 6) is -0.922. The number of amides is 2. The van der Waals surface area contributed by atoms with E-state index in [1.54, 1.807) is 47.5 Å². The topological polar surface area (TPSA) is 103 Å². The fourth-order valence-corrected chi connectivity index (χ4v) is 3.99. The number of para-hydroxylation sites is 1. The van der Waals surface area contributed by atoms with E-state index >= 15 is 0 Å². The van der Waals surface area contributed by atoms with E-state index in [1.807, 2.05) is 30.3 Å². The molecule has 0 radical (unpaired) electrons. The summed E-state index contributed by atoms with van der Waals surface area (Å²) < 4.78 is 3.02. The summed E-state index contributed by atoms with van der Waals surface area (Å²) in [6, 6.07) is 21.3. The van der Waals surface area contributed by atoms with Gasteiger partial charge in [0.25, 0.3) is 17.4 Å². The van der Waals surface area contributed by atoms with Crippen molar-refractivity contribution in [2.75, 3.05) is 11.4 Å². The van der Waals surface area contributed by atoms with Gasteiger partial charge in [-0.1, -0.05) is 24.3 Å². The number of rotatable bonds is 4. The third kappa shape index (κ3) is 3.18. The predicted octanol–water partition coefficient (Wildman–Crippen LogP) is 2.33. The molecule has 2 N–H and O–H groups in total. The molecule has 8 heteroatoms. The number of carbonyl (C=O) groups is 2. The van der Waals surface area contributed by atoms with Crippen molar-refractivity contribution in [2.24, 2.45) is 5.73 Å². The molecule has 2 amide bonds. The van der Waals surface area contributed by atoms with Crippen molar-refractivity contribution in [3.05, 3.63) is 106 Å². The molecule has 0 bridgehead atoms. The number of aromatic nitrogens is 3. The summed E-state index contributed by atoms with van der Waals surface area (Å²) in [4.78, 5) is 39.2. The molecule has 0 unspecified atom stereocenters. The van der Waals surface area contributed by atoms with Crippen LogP contribution in [0.1, 0.15) is 26.5 Å². The Morgan fingerprint density at radius 3 is 2.22 bits per heavy atom. The van der Waals surface area contributed by atoms with Crippen LogP contribution in [0.3, 0.4) is 0 Å². The molecular formula is C24H19N5O3. The lowest BCUT2D eigenvalue weighted by molar-refractivity contribution is 0.0972. The SMILES string of the molecule is NC(=O)c1nn(-c2ccccc2)c2c1CCN(c1ccc(-n3ccccc3=O)cc1)C2=O. The van der Waals surface area contributed by atoms with Gasteiger partial charge >= 0.3 is 0 Å². The third-order valence-corrected chi connectivity index (χ3v) is 5.51. The molecule has 1 aliphatic heterocycles. The predicted molar refractivity (Wildman–Crippen MR) is 120 cm³/mol. The summed E-state index contributed by atoms with van der Waals surface area (Å²) in [6.45, 7) is 0.386. The van der Waals surface area contributed by atoms with Gasteiger partial charge in [0.1, 0.15) is 5.69 Å².